The number of likely N-dealkylation sites (tertiary alicyclic amines) is 1. The van der Waals surface area contributed by atoms with Gasteiger partial charge < -0.3 is 15.5 Å². The molecule has 0 aliphatic carbocycles. The third-order valence-corrected chi connectivity index (χ3v) is 4.80. The Bertz CT molecular complexity index is 566. The van der Waals surface area contributed by atoms with Crippen LogP contribution in [0.15, 0.2) is 11.2 Å². The van der Waals surface area contributed by atoms with Gasteiger partial charge in [0.25, 0.3) is 0 Å². The fourth-order valence-corrected chi connectivity index (χ4v) is 3.22. The second kappa shape index (κ2) is 12.1. The molecule has 1 fully saturated rings. The van der Waals surface area contributed by atoms with Crippen molar-refractivity contribution in [2.45, 2.75) is 46.0 Å². The maximum absolute atomic E-state index is 11.5. The normalized spacial score (nSPS) is 15.5. The van der Waals surface area contributed by atoms with Crippen LogP contribution in [0.4, 0.5) is 0 Å². The number of H-pyrrole nitrogens is 1. The number of amides is 1. The Balaban J connectivity index is 0.00000338. The van der Waals surface area contributed by atoms with Gasteiger partial charge in [-0.15, -0.1) is 24.0 Å². The van der Waals surface area contributed by atoms with Gasteiger partial charge in [-0.1, -0.05) is 0 Å². The summed E-state index contributed by atoms with van der Waals surface area (Å²) in [6.45, 7) is 7.77. The van der Waals surface area contributed by atoms with Crippen molar-refractivity contribution in [3.8, 4) is 0 Å². The predicted octanol–water partition coefficient (Wildman–Crippen LogP) is 2.08. The third kappa shape index (κ3) is 7.13. The maximum Gasteiger partial charge on any atom is 0.220 e. The number of aliphatic imine (C=N–C) groups is 1. The number of aromatic amines is 1. The SMILES string of the molecule is CCNC(=NCCCc1cn[nH]c1C)N1CCC(CC(=O)NC)CC1.I. The smallest absolute Gasteiger partial charge is 0.220 e. The minimum atomic E-state index is 0. The number of aromatic nitrogens is 2. The highest BCUT2D eigenvalue weighted by Crippen LogP contribution is 2.20. The number of rotatable bonds is 7. The molecule has 0 radical (unpaired) electrons. The van der Waals surface area contributed by atoms with E-state index in [0.29, 0.717) is 12.3 Å². The van der Waals surface area contributed by atoms with E-state index in [0.717, 1.165) is 63.5 Å². The van der Waals surface area contributed by atoms with Gasteiger partial charge in [-0.3, -0.25) is 14.9 Å². The highest BCUT2D eigenvalue weighted by atomic mass is 127. The Labute approximate surface area is 173 Å². The molecule has 1 aliphatic rings. The monoisotopic (exact) mass is 476 g/mol. The number of aryl methyl sites for hydroxylation is 2. The van der Waals surface area contributed by atoms with Crippen molar-refractivity contribution in [3.63, 3.8) is 0 Å². The zero-order chi connectivity index (χ0) is 18.1. The van der Waals surface area contributed by atoms with Crippen molar-refractivity contribution in [1.29, 1.82) is 0 Å². The van der Waals surface area contributed by atoms with Gasteiger partial charge in [-0.05, 0) is 51.0 Å². The van der Waals surface area contributed by atoms with Crippen molar-refractivity contribution in [2.75, 3.05) is 33.2 Å². The quantitative estimate of drug-likeness (QED) is 0.244. The van der Waals surface area contributed by atoms with Crippen LogP contribution < -0.4 is 10.6 Å². The van der Waals surface area contributed by atoms with E-state index in [1.54, 1.807) is 7.05 Å². The fraction of sp³-hybridized carbons (Fsp3) is 0.722. The molecule has 148 valence electrons. The van der Waals surface area contributed by atoms with E-state index in [4.69, 9.17) is 4.99 Å². The highest BCUT2D eigenvalue weighted by Gasteiger charge is 2.22. The fourth-order valence-electron chi connectivity index (χ4n) is 3.22. The topological polar surface area (TPSA) is 85.4 Å². The molecule has 3 N–H and O–H groups in total. The third-order valence-electron chi connectivity index (χ3n) is 4.80. The lowest BCUT2D eigenvalue weighted by Gasteiger charge is -2.34. The summed E-state index contributed by atoms with van der Waals surface area (Å²) in [5.41, 5.74) is 2.42. The van der Waals surface area contributed by atoms with Crippen molar-refractivity contribution < 1.29 is 4.79 Å². The summed E-state index contributed by atoms with van der Waals surface area (Å²) in [6, 6.07) is 0. The Morgan fingerprint density at radius 2 is 2.15 bits per heavy atom. The van der Waals surface area contributed by atoms with Crippen LogP contribution in [-0.2, 0) is 11.2 Å². The summed E-state index contributed by atoms with van der Waals surface area (Å²) in [6.07, 6.45) is 6.66. The number of carbonyl (C=O) groups excluding carboxylic acids is 1. The molecule has 0 unspecified atom stereocenters. The lowest BCUT2D eigenvalue weighted by atomic mass is 9.93. The summed E-state index contributed by atoms with van der Waals surface area (Å²) in [5, 5.41) is 13.2. The average Bonchev–Trinajstić information content (AvgIpc) is 3.03. The molecule has 0 atom stereocenters. The van der Waals surface area contributed by atoms with E-state index in [1.807, 2.05) is 6.20 Å². The van der Waals surface area contributed by atoms with Crippen LogP contribution >= 0.6 is 24.0 Å². The lowest BCUT2D eigenvalue weighted by molar-refractivity contribution is -0.121. The van der Waals surface area contributed by atoms with Crippen LogP contribution in [0.25, 0.3) is 0 Å². The molecule has 0 bridgehead atoms. The van der Waals surface area contributed by atoms with Gasteiger partial charge in [0.2, 0.25) is 5.91 Å². The van der Waals surface area contributed by atoms with Gasteiger partial charge in [0, 0.05) is 45.3 Å². The summed E-state index contributed by atoms with van der Waals surface area (Å²) in [5.74, 6) is 1.64. The molecular weight excluding hydrogens is 443 g/mol. The van der Waals surface area contributed by atoms with Crippen molar-refractivity contribution in [2.24, 2.45) is 10.9 Å². The summed E-state index contributed by atoms with van der Waals surface area (Å²) in [4.78, 5) is 18.6. The Morgan fingerprint density at radius 1 is 1.42 bits per heavy atom. The Kier molecular flexibility index (Phi) is 10.6. The van der Waals surface area contributed by atoms with Gasteiger partial charge in [-0.2, -0.15) is 5.10 Å². The molecule has 8 heteroatoms. The summed E-state index contributed by atoms with van der Waals surface area (Å²) in [7, 11) is 1.71. The van der Waals surface area contributed by atoms with E-state index >= 15 is 0 Å². The van der Waals surface area contributed by atoms with E-state index < -0.39 is 0 Å². The molecule has 7 nitrogen and oxygen atoms in total. The summed E-state index contributed by atoms with van der Waals surface area (Å²) < 4.78 is 0. The molecule has 0 aromatic carbocycles. The van der Waals surface area contributed by atoms with Crippen LogP contribution in [-0.4, -0.2) is 60.2 Å². The van der Waals surface area contributed by atoms with Gasteiger partial charge in [0.05, 0.1) is 6.20 Å². The number of piperidine rings is 1. The minimum Gasteiger partial charge on any atom is -0.359 e. The minimum absolute atomic E-state index is 0. The standard InChI is InChI=1S/C18H32N6O.HI/c1-4-20-18(21-9-5-6-16-13-22-23-14(16)2)24-10-7-15(8-11-24)12-17(25)19-3;/h13,15H,4-12H2,1-3H3,(H,19,25)(H,20,21)(H,22,23);1H. The molecule has 0 saturated carbocycles. The van der Waals surface area contributed by atoms with Crippen LogP contribution in [0.3, 0.4) is 0 Å². The molecule has 26 heavy (non-hydrogen) atoms. The molecule has 2 heterocycles. The first-order chi connectivity index (χ1) is 12.1. The van der Waals surface area contributed by atoms with Crippen LogP contribution in [0.5, 0.6) is 0 Å². The van der Waals surface area contributed by atoms with Gasteiger partial charge in [-0.25, -0.2) is 0 Å². The first kappa shape index (κ1) is 22.7. The number of nitrogens with one attached hydrogen (secondary N) is 3. The maximum atomic E-state index is 11.5. The van der Waals surface area contributed by atoms with E-state index in [1.165, 1.54) is 5.56 Å². The molecule has 1 aliphatic heterocycles. The highest BCUT2D eigenvalue weighted by molar-refractivity contribution is 14.0. The predicted molar refractivity (Wildman–Crippen MR) is 116 cm³/mol. The molecular formula is C18H33IN6O. The molecule has 2 rings (SSSR count). The van der Waals surface area contributed by atoms with Crippen LogP contribution in [0.1, 0.15) is 43.9 Å². The molecule has 1 aromatic rings. The van der Waals surface area contributed by atoms with Crippen LogP contribution in [0, 0.1) is 12.8 Å². The number of nitrogens with zero attached hydrogens (tertiary/aromatic N) is 3. The second-order valence-electron chi connectivity index (χ2n) is 6.67. The molecule has 1 saturated heterocycles. The van der Waals surface area contributed by atoms with Crippen molar-refractivity contribution in [1.82, 2.24) is 25.7 Å². The number of carbonyl (C=O) groups is 1. The first-order valence-corrected chi connectivity index (χ1v) is 9.36. The molecule has 0 spiro atoms. The number of hydrogen-bond donors (Lipinski definition) is 3. The van der Waals surface area contributed by atoms with Gasteiger partial charge >= 0.3 is 0 Å². The Hall–Kier alpha value is -1.32. The van der Waals surface area contributed by atoms with E-state index in [2.05, 4.69) is 39.6 Å². The largest absolute Gasteiger partial charge is 0.359 e. The van der Waals surface area contributed by atoms with E-state index in [-0.39, 0.29) is 29.9 Å². The first-order valence-electron chi connectivity index (χ1n) is 9.36. The zero-order valence-corrected chi connectivity index (χ0v) is 18.5. The average molecular weight is 476 g/mol. The van der Waals surface area contributed by atoms with Crippen molar-refractivity contribution in [3.05, 3.63) is 17.5 Å². The number of hydrogen-bond acceptors (Lipinski definition) is 3. The van der Waals surface area contributed by atoms with Gasteiger partial charge in [0.1, 0.15) is 0 Å². The second-order valence-corrected chi connectivity index (χ2v) is 6.67. The summed E-state index contributed by atoms with van der Waals surface area (Å²) >= 11 is 0. The number of halogens is 1. The van der Waals surface area contributed by atoms with E-state index in [9.17, 15) is 4.79 Å². The van der Waals surface area contributed by atoms with Crippen LogP contribution in [0.2, 0.25) is 0 Å². The molecule has 1 amide bonds. The Morgan fingerprint density at radius 3 is 2.73 bits per heavy atom. The van der Waals surface area contributed by atoms with Gasteiger partial charge in [0.15, 0.2) is 5.96 Å². The number of guanidine groups is 1. The lowest BCUT2D eigenvalue weighted by Crippen LogP contribution is -2.46. The zero-order valence-electron chi connectivity index (χ0n) is 16.2. The van der Waals surface area contributed by atoms with Crippen molar-refractivity contribution >= 4 is 35.8 Å². The molecule has 1 aromatic heterocycles.